The molecule has 0 aliphatic heterocycles. The van der Waals surface area contributed by atoms with Crippen LogP contribution in [-0.4, -0.2) is 7.11 Å². The molecule has 0 bridgehead atoms. The summed E-state index contributed by atoms with van der Waals surface area (Å²) < 4.78 is 18.7. The first-order valence-electron chi connectivity index (χ1n) is 5.76. The highest BCUT2D eigenvalue weighted by Crippen LogP contribution is 2.35. The maximum absolute atomic E-state index is 13.6. The second kappa shape index (κ2) is 5.93. The molecule has 0 heterocycles. The average Bonchev–Trinajstić information content (AvgIpc) is 2.41. The van der Waals surface area contributed by atoms with Crippen molar-refractivity contribution in [3.63, 3.8) is 0 Å². The number of hydrogen-bond acceptors (Lipinski definition) is 1. The van der Waals surface area contributed by atoms with E-state index in [1.165, 1.54) is 6.07 Å². The van der Waals surface area contributed by atoms with Crippen LogP contribution in [-0.2, 0) is 0 Å². The first-order valence-corrected chi connectivity index (χ1v) is 7.06. The van der Waals surface area contributed by atoms with Gasteiger partial charge in [0, 0.05) is 0 Å². The Bertz CT molecular complexity index is 601. The number of aryl methyl sites for hydroxylation is 1. The van der Waals surface area contributed by atoms with E-state index in [1.807, 2.05) is 18.2 Å². The zero-order valence-corrected chi connectivity index (χ0v) is 12.9. The first-order chi connectivity index (χ1) is 9.02. The third-order valence-corrected chi connectivity index (χ3v) is 4.31. The molecule has 1 nitrogen and oxygen atoms in total. The summed E-state index contributed by atoms with van der Waals surface area (Å²) in [4.78, 5) is -0.106. The molecule has 0 saturated carbocycles. The molecule has 100 valence electrons. The van der Waals surface area contributed by atoms with E-state index in [9.17, 15) is 4.39 Å². The zero-order valence-electron chi connectivity index (χ0n) is 10.6. The van der Waals surface area contributed by atoms with E-state index in [1.54, 1.807) is 26.2 Å². The molecule has 0 radical (unpaired) electrons. The van der Waals surface area contributed by atoms with Crippen molar-refractivity contribution in [2.45, 2.75) is 11.8 Å². The van der Waals surface area contributed by atoms with Crippen molar-refractivity contribution in [1.82, 2.24) is 0 Å². The summed E-state index contributed by atoms with van der Waals surface area (Å²) in [6, 6.07) is 10.7. The van der Waals surface area contributed by atoms with E-state index in [0.717, 1.165) is 11.1 Å². The van der Waals surface area contributed by atoms with Gasteiger partial charge in [0.25, 0.3) is 0 Å². The van der Waals surface area contributed by atoms with Gasteiger partial charge in [0.1, 0.15) is 11.6 Å². The van der Waals surface area contributed by atoms with Crippen molar-refractivity contribution >= 4 is 27.5 Å². The van der Waals surface area contributed by atoms with Crippen molar-refractivity contribution in [2.75, 3.05) is 7.11 Å². The lowest BCUT2D eigenvalue weighted by Crippen LogP contribution is -1.95. The molecule has 0 aromatic heterocycles. The number of methoxy groups -OCH3 is 1. The summed E-state index contributed by atoms with van der Waals surface area (Å²) in [7, 11) is 1.57. The molecule has 19 heavy (non-hydrogen) atoms. The summed E-state index contributed by atoms with van der Waals surface area (Å²) in [5, 5.41) is 0.539. The van der Waals surface area contributed by atoms with Gasteiger partial charge in [0.2, 0.25) is 0 Å². The monoisotopic (exact) mass is 342 g/mol. The molecule has 4 heteroatoms. The second-order valence-electron chi connectivity index (χ2n) is 4.27. The summed E-state index contributed by atoms with van der Waals surface area (Å²) in [5.74, 6) is 0.418. The van der Waals surface area contributed by atoms with Crippen LogP contribution < -0.4 is 4.74 Å². The highest BCUT2D eigenvalue weighted by molar-refractivity contribution is 9.09. The molecule has 1 atom stereocenters. The number of halogens is 3. The van der Waals surface area contributed by atoms with Gasteiger partial charge in [-0.25, -0.2) is 4.39 Å². The van der Waals surface area contributed by atoms with Gasteiger partial charge in [-0.1, -0.05) is 45.7 Å². The standard InChI is InChI=1S/C15H13BrClFO/c1-9-3-4-11(8-13(9)18)15(16)10-5-6-14(19-2)12(17)7-10/h3-8,15H,1-2H3. The first kappa shape index (κ1) is 14.4. The zero-order chi connectivity index (χ0) is 14.0. The van der Waals surface area contributed by atoms with E-state index in [0.29, 0.717) is 16.3 Å². The van der Waals surface area contributed by atoms with Crippen molar-refractivity contribution in [3.8, 4) is 5.75 Å². The minimum Gasteiger partial charge on any atom is -0.495 e. The fourth-order valence-corrected chi connectivity index (χ4v) is 2.64. The van der Waals surface area contributed by atoms with Crippen molar-refractivity contribution < 1.29 is 9.13 Å². The highest BCUT2D eigenvalue weighted by atomic mass is 79.9. The third-order valence-electron chi connectivity index (χ3n) is 2.96. The number of ether oxygens (including phenoxy) is 1. The maximum Gasteiger partial charge on any atom is 0.137 e. The lowest BCUT2D eigenvalue weighted by Gasteiger charge is -2.13. The Labute approximate surface area is 125 Å². The molecule has 2 aromatic rings. The molecular formula is C15H13BrClFO. The van der Waals surface area contributed by atoms with Gasteiger partial charge >= 0.3 is 0 Å². The Morgan fingerprint density at radius 3 is 2.37 bits per heavy atom. The Morgan fingerprint density at radius 2 is 1.79 bits per heavy atom. The van der Waals surface area contributed by atoms with Crippen LogP contribution in [0.15, 0.2) is 36.4 Å². The minimum absolute atomic E-state index is 0.106. The van der Waals surface area contributed by atoms with Crippen LogP contribution in [0.1, 0.15) is 21.5 Å². The molecule has 0 fully saturated rings. The highest BCUT2D eigenvalue weighted by Gasteiger charge is 2.13. The fraction of sp³-hybridized carbons (Fsp3) is 0.200. The topological polar surface area (TPSA) is 9.23 Å². The van der Waals surface area contributed by atoms with Gasteiger partial charge < -0.3 is 4.74 Å². The Hall–Kier alpha value is -1.06. The Balaban J connectivity index is 2.35. The largest absolute Gasteiger partial charge is 0.495 e. The van der Waals surface area contributed by atoms with Crippen molar-refractivity contribution in [3.05, 3.63) is 63.9 Å². The molecule has 0 saturated heterocycles. The second-order valence-corrected chi connectivity index (χ2v) is 5.59. The van der Waals surface area contributed by atoms with E-state index in [2.05, 4.69) is 15.9 Å². The molecule has 1 unspecified atom stereocenters. The molecule has 2 rings (SSSR count). The summed E-state index contributed by atoms with van der Waals surface area (Å²) >= 11 is 9.66. The summed E-state index contributed by atoms with van der Waals surface area (Å²) in [6.45, 7) is 1.74. The van der Waals surface area contributed by atoms with Gasteiger partial charge in [-0.15, -0.1) is 0 Å². The van der Waals surface area contributed by atoms with Crippen LogP contribution >= 0.6 is 27.5 Å². The Kier molecular flexibility index (Phi) is 4.48. The van der Waals surface area contributed by atoms with Crippen molar-refractivity contribution in [1.29, 1.82) is 0 Å². The summed E-state index contributed by atoms with van der Waals surface area (Å²) in [6.07, 6.45) is 0. The van der Waals surface area contributed by atoms with E-state index >= 15 is 0 Å². The Morgan fingerprint density at radius 1 is 1.16 bits per heavy atom. The molecule has 0 spiro atoms. The molecule has 0 N–H and O–H groups in total. The van der Waals surface area contributed by atoms with Crippen LogP contribution in [0.4, 0.5) is 4.39 Å². The van der Waals surface area contributed by atoms with E-state index in [4.69, 9.17) is 16.3 Å². The van der Waals surface area contributed by atoms with Gasteiger partial charge in [-0.05, 0) is 41.8 Å². The van der Waals surface area contributed by atoms with Crippen molar-refractivity contribution in [2.24, 2.45) is 0 Å². The van der Waals surface area contributed by atoms with Crippen LogP contribution in [0.5, 0.6) is 5.75 Å². The molecule has 0 amide bonds. The average molecular weight is 344 g/mol. The molecular weight excluding hydrogens is 331 g/mol. The van der Waals surface area contributed by atoms with Gasteiger partial charge in [-0.2, -0.15) is 0 Å². The fourth-order valence-electron chi connectivity index (χ4n) is 1.80. The number of rotatable bonds is 3. The predicted octanol–water partition coefficient (Wildman–Crippen LogP) is 5.28. The minimum atomic E-state index is -0.207. The lowest BCUT2D eigenvalue weighted by atomic mass is 10.0. The lowest BCUT2D eigenvalue weighted by molar-refractivity contribution is 0.415. The van der Waals surface area contributed by atoms with Gasteiger partial charge in [-0.3, -0.25) is 0 Å². The van der Waals surface area contributed by atoms with Crippen LogP contribution in [0.2, 0.25) is 5.02 Å². The smallest absolute Gasteiger partial charge is 0.137 e. The van der Waals surface area contributed by atoms with Crippen LogP contribution in [0.3, 0.4) is 0 Å². The van der Waals surface area contributed by atoms with Gasteiger partial charge in [0.05, 0.1) is 17.0 Å². The number of hydrogen-bond donors (Lipinski definition) is 0. The predicted molar refractivity (Wildman–Crippen MR) is 79.9 cm³/mol. The molecule has 0 aliphatic carbocycles. The van der Waals surface area contributed by atoms with Crippen LogP contribution in [0, 0.1) is 12.7 Å². The summed E-state index contributed by atoms with van der Waals surface area (Å²) in [5.41, 5.74) is 2.44. The normalized spacial score (nSPS) is 12.3. The van der Waals surface area contributed by atoms with Gasteiger partial charge in [0.15, 0.2) is 0 Å². The van der Waals surface area contributed by atoms with Crippen LogP contribution in [0.25, 0.3) is 0 Å². The number of benzene rings is 2. The molecule has 0 aliphatic rings. The molecule has 2 aromatic carbocycles. The quantitative estimate of drug-likeness (QED) is 0.689. The number of alkyl halides is 1. The SMILES string of the molecule is COc1ccc(C(Br)c2ccc(C)c(F)c2)cc1Cl. The maximum atomic E-state index is 13.6. The third kappa shape index (κ3) is 3.10. The van der Waals surface area contributed by atoms with E-state index in [-0.39, 0.29) is 10.6 Å². The van der Waals surface area contributed by atoms with E-state index < -0.39 is 0 Å².